The first-order chi connectivity index (χ1) is 7.31. The van der Waals surface area contributed by atoms with Gasteiger partial charge in [0.25, 0.3) is 0 Å². The molecule has 2 aromatic rings. The van der Waals surface area contributed by atoms with Crippen LogP contribution in [0.3, 0.4) is 0 Å². The summed E-state index contributed by atoms with van der Waals surface area (Å²) in [7, 11) is 0. The van der Waals surface area contributed by atoms with Crippen molar-refractivity contribution in [2.24, 2.45) is 0 Å². The Morgan fingerprint density at radius 1 is 1.33 bits per heavy atom. The Hall–Kier alpha value is -1.35. The normalized spacial score (nSPS) is 10.3. The maximum absolute atomic E-state index is 4.54. The van der Waals surface area contributed by atoms with E-state index in [0.29, 0.717) is 0 Å². The van der Waals surface area contributed by atoms with Gasteiger partial charge in [-0.3, -0.25) is 0 Å². The molecule has 0 amide bonds. The second-order valence-electron chi connectivity index (χ2n) is 3.38. The third kappa shape index (κ3) is 2.18. The quantitative estimate of drug-likeness (QED) is 0.852. The number of benzene rings is 1. The van der Waals surface area contributed by atoms with E-state index in [1.807, 2.05) is 0 Å². The van der Waals surface area contributed by atoms with E-state index in [0.717, 1.165) is 17.4 Å². The topological polar surface area (TPSA) is 24.9 Å². The van der Waals surface area contributed by atoms with Crippen LogP contribution in [0.15, 0.2) is 29.6 Å². The van der Waals surface area contributed by atoms with Crippen LogP contribution in [-0.4, -0.2) is 11.5 Å². The molecule has 0 bridgehead atoms. The summed E-state index contributed by atoms with van der Waals surface area (Å²) in [5.74, 6) is 0. The first-order valence-corrected chi connectivity index (χ1v) is 5.94. The average Bonchev–Trinajstić information content (AvgIpc) is 2.68. The average molecular weight is 218 g/mol. The van der Waals surface area contributed by atoms with Gasteiger partial charge in [-0.15, -0.1) is 11.3 Å². The lowest BCUT2D eigenvalue weighted by Crippen LogP contribution is -1.95. The zero-order valence-electron chi connectivity index (χ0n) is 8.95. The first-order valence-electron chi connectivity index (χ1n) is 5.06. The molecular formula is C12H14N2S. The Labute approximate surface area is 94.0 Å². The maximum atomic E-state index is 4.54. The van der Waals surface area contributed by atoms with E-state index in [1.165, 1.54) is 11.1 Å². The van der Waals surface area contributed by atoms with Crippen LogP contribution in [0.2, 0.25) is 0 Å². The van der Waals surface area contributed by atoms with Crippen LogP contribution >= 0.6 is 11.3 Å². The number of aryl methyl sites for hydroxylation is 1. The van der Waals surface area contributed by atoms with Gasteiger partial charge >= 0.3 is 0 Å². The van der Waals surface area contributed by atoms with Crippen LogP contribution < -0.4 is 5.32 Å². The molecular weight excluding hydrogens is 204 g/mol. The number of hydrogen-bond acceptors (Lipinski definition) is 3. The van der Waals surface area contributed by atoms with Gasteiger partial charge in [0.2, 0.25) is 0 Å². The third-order valence-corrected chi connectivity index (χ3v) is 3.05. The molecule has 0 saturated carbocycles. The lowest BCUT2D eigenvalue weighted by atomic mass is 10.1. The van der Waals surface area contributed by atoms with E-state index in [4.69, 9.17) is 0 Å². The molecule has 0 unspecified atom stereocenters. The summed E-state index contributed by atoms with van der Waals surface area (Å²) in [5, 5.41) is 6.32. The summed E-state index contributed by atoms with van der Waals surface area (Å²) >= 11 is 1.66. The molecule has 3 heteroatoms. The summed E-state index contributed by atoms with van der Waals surface area (Å²) < 4.78 is 0. The largest absolute Gasteiger partial charge is 0.362 e. The fourth-order valence-electron chi connectivity index (χ4n) is 1.49. The number of hydrogen-bond donors (Lipinski definition) is 1. The molecule has 0 saturated heterocycles. The highest BCUT2D eigenvalue weighted by atomic mass is 32.1. The van der Waals surface area contributed by atoms with Crippen LogP contribution in [-0.2, 0) is 0 Å². The van der Waals surface area contributed by atoms with Crippen LogP contribution in [0, 0.1) is 6.92 Å². The zero-order chi connectivity index (χ0) is 10.7. The minimum absolute atomic E-state index is 0.917. The molecule has 0 aliphatic heterocycles. The molecule has 78 valence electrons. The van der Waals surface area contributed by atoms with Crippen molar-refractivity contribution < 1.29 is 0 Å². The summed E-state index contributed by atoms with van der Waals surface area (Å²) in [6.07, 6.45) is 0. The standard InChI is InChI=1S/C12H14N2S/c1-3-13-12-14-11(8-15-12)10-7-5-4-6-9(10)2/h4-8H,3H2,1-2H3,(H,13,14). The second kappa shape index (κ2) is 4.45. The summed E-state index contributed by atoms with van der Waals surface area (Å²) in [6, 6.07) is 8.33. The predicted molar refractivity (Wildman–Crippen MR) is 66.5 cm³/mol. The molecule has 1 heterocycles. The van der Waals surface area contributed by atoms with E-state index in [2.05, 4.69) is 53.8 Å². The molecule has 1 aromatic heterocycles. The predicted octanol–water partition coefficient (Wildman–Crippen LogP) is 3.55. The van der Waals surface area contributed by atoms with Crippen molar-refractivity contribution in [3.63, 3.8) is 0 Å². The molecule has 0 radical (unpaired) electrons. The van der Waals surface area contributed by atoms with E-state index in [9.17, 15) is 0 Å². The van der Waals surface area contributed by atoms with Crippen molar-refractivity contribution in [3.8, 4) is 11.3 Å². The number of rotatable bonds is 3. The molecule has 15 heavy (non-hydrogen) atoms. The maximum Gasteiger partial charge on any atom is 0.183 e. The fourth-order valence-corrected chi connectivity index (χ4v) is 2.27. The highest BCUT2D eigenvalue weighted by molar-refractivity contribution is 7.14. The van der Waals surface area contributed by atoms with Crippen LogP contribution in [0.5, 0.6) is 0 Å². The van der Waals surface area contributed by atoms with Crippen LogP contribution in [0.25, 0.3) is 11.3 Å². The minimum Gasteiger partial charge on any atom is -0.362 e. The van der Waals surface area contributed by atoms with Gasteiger partial charge in [-0.05, 0) is 19.4 Å². The van der Waals surface area contributed by atoms with Gasteiger partial charge in [0, 0.05) is 17.5 Å². The van der Waals surface area contributed by atoms with Gasteiger partial charge in [0.15, 0.2) is 5.13 Å². The summed E-state index contributed by atoms with van der Waals surface area (Å²) in [4.78, 5) is 4.54. The number of aromatic nitrogens is 1. The molecule has 0 aliphatic rings. The molecule has 2 nitrogen and oxygen atoms in total. The van der Waals surface area contributed by atoms with Gasteiger partial charge in [-0.25, -0.2) is 4.98 Å². The van der Waals surface area contributed by atoms with Crippen molar-refractivity contribution in [2.45, 2.75) is 13.8 Å². The lowest BCUT2D eigenvalue weighted by molar-refractivity contribution is 1.19. The monoisotopic (exact) mass is 218 g/mol. The van der Waals surface area contributed by atoms with Gasteiger partial charge in [-0.1, -0.05) is 24.3 Å². The number of thiazole rings is 1. The Morgan fingerprint density at radius 3 is 2.87 bits per heavy atom. The van der Waals surface area contributed by atoms with E-state index < -0.39 is 0 Å². The molecule has 0 fully saturated rings. The molecule has 1 N–H and O–H groups in total. The minimum atomic E-state index is 0.917. The Kier molecular flexibility index (Phi) is 3.02. The van der Waals surface area contributed by atoms with Gasteiger partial charge in [0.05, 0.1) is 5.69 Å². The van der Waals surface area contributed by atoms with Gasteiger partial charge in [0.1, 0.15) is 0 Å². The van der Waals surface area contributed by atoms with Gasteiger partial charge in [-0.2, -0.15) is 0 Å². The first kappa shape index (κ1) is 10.2. The van der Waals surface area contributed by atoms with Crippen LogP contribution in [0.4, 0.5) is 5.13 Å². The Morgan fingerprint density at radius 2 is 2.13 bits per heavy atom. The lowest BCUT2D eigenvalue weighted by Gasteiger charge is -2.00. The highest BCUT2D eigenvalue weighted by Crippen LogP contribution is 2.26. The van der Waals surface area contributed by atoms with Crippen molar-refractivity contribution in [2.75, 3.05) is 11.9 Å². The molecule has 0 atom stereocenters. The Bertz CT molecular complexity index is 448. The highest BCUT2D eigenvalue weighted by Gasteiger charge is 2.05. The van der Waals surface area contributed by atoms with Gasteiger partial charge < -0.3 is 5.32 Å². The van der Waals surface area contributed by atoms with Crippen molar-refractivity contribution in [3.05, 3.63) is 35.2 Å². The summed E-state index contributed by atoms with van der Waals surface area (Å²) in [6.45, 7) is 5.11. The fraction of sp³-hybridized carbons (Fsp3) is 0.250. The van der Waals surface area contributed by atoms with Crippen molar-refractivity contribution in [1.82, 2.24) is 4.98 Å². The third-order valence-electron chi connectivity index (χ3n) is 2.25. The summed E-state index contributed by atoms with van der Waals surface area (Å²) in [5.41, 5.74) is 3.55. The van der Waals surface area contributed by atoms with E-state index in [1.54, 1.807) is 11.3 Å². The number of nitrogens with one attached hydrogen (secondary N) is 1. The Balaban J connectivity index is 2.33. The van der Waals surface area contributed by atoms with E-state index >= 15 is 0 Å². The second-order valence-corrected chi connectivity index (χ2v) is 4.24. The number of nitrogens with zero attached hydrogens (tertiary/aromatic N) is 1. The SMILES string of the molecule is CCNc1nc(-c2ccccc2C)cs1. The molecule has 0 aliphatic carbocycles. The molecule has 1 aromatic carbocycles. The smallest absolute Gasteiger partial charge is 0.183 e. The van der Waals surface area contributed by atoms with Crippen LogP contribution in [0.1, 0.15) is 12.5 Å². The molecule has 2 rings (SSSR count). The van der Waals surface area contributed by atoms with Crippen molar-refractivity contribution >= 4 is 16.5 Å². The van der Waals surface area contributed by atoms with E-state index in [-0.39, 0.29) is 0 Å². The molecule has 0 spiro atoms. The van der Waals surface area contributed by atoms with Crippen molar-refractivity contribution in [1.29, 1.82) is 0 Å². The number of anilines is 1. The zero-order valence-corrected chi connectivity index (χ0v) is 9.77.